The number of thioether (sulfide) groups is 1. The average Bonchev–Trinajstić information content (AvgIpc) is 2.91. The summed E-state index contributed by atoms with van der Waals surface area (Å²) < 4.78 is 26.3. The Morgan fingerprint density at radius 3 is 2.68 bits per heavy atom. The molecule has 1 aromatic carbocycles. The lowest BCUT2D eigenvalue weighted by molar-refractivity contribution is 0.0692. The van der Waals surface area contributed by atoms with Crippen molar-refractivity contribution in [2.45, 2.75) is 17.4 Å². The van der Waals surface area contributed by atoms with Crippen molar-refractivity contribution in [3.8, 4) is 0 Å². The van der Waals surface area contributed by atoms with E-state index in [0.717, 1.165) is 17.9 Å². The van der Waals surface area contributed by atoms with Gasteiger partial charge in [0, 0.05) is 18.8 Å². The Hall–Kier alpha value is -1.05. The number of carboxylic acids is 1. The van der Waals surface area contributed by atoms with Crippen LogP contribution < -0.4 is 0 Å². The molecule has 1 heterocycles. The van der Waals surface area contributed by atoms with E-state index < -0.39 is 16.0 Å². The molecule has 0 spiro atoms. The number of hydrogen-bond acceptors (Lipinski definition) is 4. The van der Waals surface area contributed by atoms with E-state index in [2.05, 4.69) is 0 Å². The first-order valence-corrected chi connectivity index (χ1v) is 8.42. The third kappa shape index (κ3) is 2.77. The van der Waals surface area contributed by atoms with Crippen LogP contribution in [0.1, 0.15) is 16.8 Å². The van der Waals surface area contributed by atoms with Crippen LogP contribution in [0.4, 0.5) is 0 Å². The van der Waals surface area contributed by atoms with E-state index in [1.807, 2.05) is 0 Å². The Kier molecular flexibility index (Phi) is 4.17. The van der Waals surface area contributed by atoms with Crippen molar-refractivity contribution in [3.63, 3.8) is 0 Å². The molecule has 5 nitrogen and oxygen atoms in total. The average molecular weight is 301 g/mol. The lowest BCUT2D eigenvalue weighted by atomic mass is 10.2. The molecule has 2 rings (SSSR count). The second-order valence-electron chi connectivity index (χ2n) is 4.34. The lowest BCUT2D eigenvalue weighted by Gasteiger charge is -2.23. The Balaban J connectivity index is 2.41. The van der Waals surface area contributed by atoms with Gasteiger partial charge in [0.25, 0.3) is 0 Å². The second-order valence-corrected chi connectivity index (χ2v) is 7.46. The fourth-order valence-electron chi connectivity index (χ4n) is 2.03. The molecule has 1 saturated heterocycles. The molecular weight excluding hydrogens is 286 g/mol. The molecule has 0 aromatic heterocycles. The highest BCUT2D eigenvalue weighted by Gasteiger charge is 2.32. The molecule has 1 aliphatic rings. The van der Waals surface area contributed by atoms with E-state index in [0.29, 0.717) is 0 Å². The highest BCUT2D eigenvalue weighted by Crippen LogP contribution is 2.27. The predicted molar refractivity (Wildman–Crippen MR) is 74.1 cm³/mol. The van der Waals surface area contributed by atoms with Crippen LogP contribution in [0.25, 0.3) is 0 Å². The number of benzene rings is 1. The molecular formula is C12H15NO4S2. The van der Waals surface area contributed by atoms with Crippen LogP contribution in [-0.2, 0) is 10.0 Å². The van der Waals surface area contributed by atoms with Gasteiger partial charge < -0.3 is 5.11 Å². The summed E-state index contributed by atoms with van der Waals surface area (Å²) in [5.41, 5.74) is -0.181. The largest absolute Gasteiger partial charge is 0.478 e. The van der Waals surface area contributed by atoms with Gasteiger partial charge in [-0.1, -0.05) is 12.1 Å². The summed E-state index contributed by atoms with van der Waals surface area (Å²) in [6.07, 6.45) is 0.801. The van der Waals surface area contributed by atoms with Gasteiger partial charge in [0.15, 0.2) is 0 Å². The molecule has 1 fully saturated rings. The first kappa shape index (κ1) is 14.4. The van der Waals surface area contributed by atoms with Crippen molar-refractivity contribution in [1.29, 1.82) is 0 Å². The van der Waals surface area contributed by atoms with Gasteiger partial charge in [-0.15, -0.1) is 0 Å². The van der Waals surface area contributed by atoms with Gasteiger partial charge in [-0.3, -0.25) is 0 Å². The van der Waals surface area contributed by atoms with Crippen LogP contribution in [0.5, 0.6) is 0 Å². The lowest BCUT2D eigenvalue weighted by Crippen LogP contribution is -2.37. The summed E-state index contributed by atoms with van der Waals surface area (Å²) >= 11 is 1.71. The molecule has 7 heteroatoms. The zero-order valence-corrected chi connectivity index (χ0v) is 12.1. The molecule has 1 unspecified atom stereocenters. The van der Waals surface area contributed by atoms with Crippen molar-refractivity contribution in [2.75, 3.05) is 18.6 Å². The van der Waals surface area contributed by atoms with Gasteiger partial charge >= 0.3 is 5.97 Å². The Labute approximate surface area is 116 Å². The minimum absolute atomic E-state index is 0.0585. The third-order valence-electron chi connectivity index (χ3n) is 3.19. The summed E-state index contributed by atoms with van der Waals surface area (Å²) in [5, 5.41) is 9.09. The van der Waals surface area contributed by atoms with E-state index in [4.69, 9.17) is 5.11 Å². The summed E-state index contributed by atoms with van der Waals surface area (Å²) in [4.78, 5) is 11.0. The van der Waals surface area contributed by atoms with Crippen LogP contribution in [0.3, 0.4) is 0 Å². The van der Waals surface area contributed by atoms with E-state index in [1.165, 1.54) is 35.6 Å². The number of sulfonamides is 1. The standard InChI is InChI=1S/C12H15NO4S2/c1-13(9-6-7-18-8-9)19(16,17)11-5-3-2-4-10(11)12(14)15/h2-5,9H,6-8H2,1H3,(H,14,15). The molecule has 1 atom stereocenters. The summed E-state index contributed by atoms with van der Waals surface area (Å²) in [5.74, 6) is 0.462. The van der Waals surface area contributed by atoms with Crippen molar-refractivity contribution in [2.24, 2.45) is 0 Å². The Morgan fingerprint density at radius 1 is 1.42 bits per heavy atom. The van der Waals surface area contributed by atoms with Gasteiger partial charge in [0.2, 0.25) is 10.0 Å². The van der Waals surface area contributed by atoms with Gasteiger partial charge in [-0.2, -0.15) is 16.1 Å². The van der Waals surface area contributed by atoms with Crippen LogP contribution >= 0.6 is 11.8 Å². The molecule has 0 aliphatic carbocycles. The number of carboxylic acid groups (broad SMARTS) is 1. The SMILES string of the molecule is CN(C1CCSC1)S(=O)(=O)c1ccccc1C(=O)O. The fraction of sp³-hybridized carbons (Fsp3) is 0.417. The van der Waals surface area contributed by atoms with Gasteiger partial charge in [-0.05, 0) is 24.3 Å². The van der Waals surface area contributed by atoms with Crippen molar-refractivity contribution in [1.82, 2.24) is 4.31 Å². The molecule has 19 heavy (non-hydrogen) atoms. The van der Waals surface area contributed by atoms with E-state index >= 15 is 0 Å². The maximum atomic E-state index is 12.5. The van der Waals surface area contributed by atoms with Crippen molar-refractivity contribution < 1.29 is 18.3 Å². The van der Waals surface area contributed by atoms with E-state index in [9.17, 15) is 13.2 Å². The predicted octanol–water partition coefficient (Wildman–Crippen LogP) is 1.51. The van der Waals surface area contributed by atoms with Crippen molar-refractivity contribution in [3.05, 3.63) is 29.8 Å². The molecule has 104 valence electrons. The maximum absolute atomic E-state index is 12.5. The van der Waals surface area contributed by atoms with Crippen LogP contribution in [0, 0.1) is 0 Å². The van der Waals surface area contributed by atoms with E-state index in [-0.39, 0.29) is 16.5 Å². The smallest absolute Gasteiger partial charge is 0.337 e. The molecule has 0 amide bonds. The second kappa shape index (κ2) is 5.52. The van der Waals surface area contributed by atoms with Crippen LogP contribution in [-0.4, -0.2) is 48.4 Å². The molecule has 1 aromatic rings. The molecule has 1 N–H and O–H groups in total. The van der Waals surface area contributed by atoms with Gasteiger partial charge in [0.1, 0.15) is 0 Å². The third-order valence-corrected chi connectivity index (χ3v) is 6.31. The van der Waals surface area contributed by atoms with Crippen molar-refractivity contribution >= 4 is 27.8 Å². The Bertz CT molecular complexity index is 579. The minimum Gasteiger partial charge on any atom is -0.478 e. The minimum atomic E-state index is -3.76. The first-order chi connectivity index (χ1) is 8.94. The fourth-order valence-corrected chi connectivity index (χ4v) is 4.96. The monoisotopic (exact) mass is 301 g/mol. The zero-order valence-electron chi connectivity index (χ0n) is 10.4. The van der Waals surface area contributed by atoms with Gasteiger partial charge in [0.05, 0.1) is 10.5 Å². The number of aromatic carboxylic acids is 1. The van der Waals surface area contributed by atoms with Crippen LogP contribution in [0.15, 0.2) is 29.2 Å². The normalized spacial score (nSPS) is 19.8. The quantitative estimate of drug-likeness (QED) is 0.912. The van der Waals surface area contributed by atoms with Crippen LogP contribution in [0.2, 0.25) is 0 Å². The Morgan fingerprint density at radius 2 is 2.11 bits per heavy atom. The summed E-state index contributed by atoms with van der Waals surface area (Å²) in [7, 11) is -2.24. The highest BCUT2D eigenvalue weighted by molar-refractivity contribution is 7.99. The number of carbonyl (C=O) groups is 1. The first-order valence-electron chi connectivity index (χ1n) is 5.82. The maximum Gasteiger partial charge on any atom is 0.337 e. The number of hydrogen-bond donors (Lipinski definition) is 1. The summed E-state index contributed by atoms with van der Waals surface area (Å²) in [6.45, 7) is 0. The highest BCUT2D eigenvalue weighted by atomic mass is 32.2. The molecule has 0 bridgehead atoms. The van der Waals surface area contributed by atoms with Gasteiger partial charge in [-0.25, -0.2) is 13.2 Å². The molecule has 0 radical (unpaired) electrons. The zero-order chi connectivity index (χ0) is 14.0. The topological polar surface area (TPSA) is 74.7 Å². The number of rotatable bonds is 4. The molecule has 0 saturated carbocycles. The number of nitrogens with zero attached hydrogens (tertiary/aromatic N) is 1. The summed E-state index contributed by atoms with van der Waals surface area (Å²) in [6, 6.07) is 5.66. The van der Waals surface area contributed by atoms with E-state index in [1.54, 1.807) is 11.8 Å². The molecule has 1 aliphatic heterocycles.